The number of alkyl halides is 3. The summed E-state index contributed by atoms with van der Waals surface area (Å²) in [5.74, 6) is 3.84. The summed E-state index contributed by atoms with van der Waals surface area (Å²) in [5.41, 5.74) is 0. The van der Waals surface area contributed by atoms with Gasteiger partial charge >= 0.3 is 6.18 Å². The molecule has 0 unspecified atom stereocenters. The van der Waals surface area contributed by atoms with Gasteiger partial charge in [-0.15, -0.1) is 0 Å². The van der Waals surface area contributed by atoms with Gasteiger partial charge in [0, 0.05) is 13.2 Å². The molecule has 0 aliphatic heterocycles. The van der Waals surface area contributed by atoms with E-state index in [0.29, 0.717) is 5.75 Å². The highest BCUT2D eigenvalue weighted by Crippen LogP contribution is 2.43. The van der Waals surface area contributed by atoms with Crippen molar-refractivity contribution in [2.45, 2.75) is 104 Å². The van der Waals surface area contributed by atoms with Gasteiger partial charge < -0.3 is 4.74 Å². The second-order valence-electron chi connectivity index (χ2n) is 8.24. The van der Waals surface area contributed by atoms with Crippen molar-refractivity contribution in [3.63, 3.8) is 0 Å². The topological polar surface area (TPSA) is 9.23 Å². The van der Waals surface area contributed by atoms with Gasteiger partial charge in [-0.1, -0.05) is 65.2 Å². The number of hydrogen-bond acceptors (Lipinski definition) is 2. The summed E-state index contributed by atoms with van der Waals surface area (Å²) in [6, 6.07) is 0. The summed E-state index contributed by atoms with van der Waals surface area (Å²) in [7, 11) is -1.06. The van der Waals surface area contributed by atoms with Crippen LogP contribution >= 0.6 is 21.8 Å². The molecule has 186 valence electrons. The van der Waals surface area contributed by atoms with Gasteiger partial charge in [0.25, 0.3) is 0 Å². The van der Waals surface area contributed by atoms with Crippen LogP contribution in [0.3, 0.4) is 0 Å². The van der Waals surface area contributed by atoms with Gasteiger partial charge in [0.05, 0.1) is 6.42 Å². The van der Waals surface area contributed by atoms with Crippen molar-refractivity contribution in [1.29, 1.82) is 0 Å². The van der Waals surface area contributed by atoms with Crippen molar-refractivity contribution in [3.05, 3.63) is 0 Å². The highest BCUT2D eigenvalue weighted by molar-refractivity contribution is 8.32. The molecule has 0 heterocycles. The average molecular weight is 477 g/mol. The maximum atomic E-state index is 12.3. The summed E-state index contributed by atoms with van der Waals surface area (Å²) in [5, 5.41) is 0. The predicted molar refractivity (Wildman–Crippen MR) is 136 cm³/mol. The molecule has 0 aromatic carbocycles. The predicted octanol–water partition coefficient (Wildman–Crippen LogP) is 9.09. The fraction of sp³-hybridized carbons (Fsp3) is 1.00. The second kappa shape index (κ2) is 22.6. The average Bonchev–Trinajstić information content (AvgIpc) is 2.70. The zero-order valence-corrected chi connectivity index (χ0v) is 22.2. The Balaban J connectivity index is 0. The van der Waals surface area contributed by atoms with E-state index in [1.807, 2.05) is 20.8 Å². The third-order valence-corrected chi connectivity index (χ3v) is 8.81. The Hall–Kier alpha value is 0.450. The molecule has 0 N–H and O–H groups in total. The molecule has 0 aromatic rings. The van der Waals surface area contributed by atoms with Crippen LogP contribution in [0, 0.1) is 0 Å². The minimum absolute atomic E-state index is 0.336. The van der Waals surface area contributed by atoms with Gasteiger partial charge in [-0.3, -0.25) is 0 Å². The highest BCUT2D eigenvalue weighted by Gasteiger charge is 2.29. The smallest absolute Gasteiger partial charge is 0.382 e. The number of hydrogen-bond donors (Lipinski definition) is 0. The lowest BCUT2D eigenvalue weighted by Gasteiger charge is -2.31. The molecule has 1 nitrogen and oxygen atoms in total. The van der Waals surface area contributed by atoms with E-state index in [9.17, 15) is 13.2 Å². The lowest BCUT2D eigenvalue weighted by Crippen LogP contribution is -2.15. The van der Waals surface area contributed by atoms with Crippen LogP contribution in [0.4, 0.5) is 13.2 Å². The molecule has 0 saturated carbocycles. The molecule has 6 heteroatoms. The molecule has 0 spiro atoms. The largest absolute Gasteiger partial charge is 0.389 e. The standard InChI is InChI=1S/C22H45F3OS2.C2H6/c1-4-26-17-15-19-27-18-13-11-9-7-5-6-8-10-12-14-20-28(2,3)21-16-22(23,24)25;1-2/h4-21H2,1-3H3;1-2H3. The van der Waals surface area contributed by atoms with Crippen molar-refractivity contribution in [2.75, 3.05) is 48.7 Å². The van der Waals surface area contributed by atoms with Gasteiger partial charge in [-0.2, -0.15) is 24.9 Å². The van der Waals surface area contributed by atoms with Crippen LogP contribution in [-0.4, -0.2) is 54.9 Å². The molecule has 0 atom stereocenters. The van der Waals surface area contributed by atoms with Crippen LogP contribution in [0.15, 0.2) is 0 Å². The number of ether oxygens (including phenoxy) is 1. The molecule has 0 radical (unpaired) electrons. The van der Waals surface area contributed by atoms with E-state index < -0.39 is 22.6 Å². The van der Waals surface area contributed by atoms with E-state index in [-0.39, 0.29) is 0 Å². The molecule has 0 aromatic heterocycles. The summed E-state index contributed by atoms with van der Waals surface area (Å²) in [6.07, 6.45) is 13.5. The van der Waals surface area contributed by atoms with Gasteiger partial charge in [0.2, 0.25) is 0 Å². The first-order valence-corrected chi connectivity index (χ1v) is 16.1. The van der Waals surface area contributed by atoms with Gasteiger partial charge in [-0.25, -0.2) is 10.0 Å². The van der Waals surface area contributed by atoms with Gasteiger partial charge in [-0.05, 0) is 61.7 Å². The highest BCUT2D eigenvalue weighted by atomic mass is 32.3. The third kappa shape index (κ3) is 28.5. The fourth-order valence-corrected chi connectivity index (χ4v) is 6.02. The minimum Gasteiger partial charge on any atom is -0.382 e. The minimum atomic E-state index is -3.99. The Morgan fingerprint density at radius 2 is 1.17 bits per heavy atom. The second-order valence-corrected chi connectivity index (χ2v) is 13.8. The summed E-state index contributed by atoms with van der Waals surface area (Å²) >= 11 is 2.05. The molecule has 30 heavy (non-hydrogen) atoms. The van der Waals surface area contributed by atoms with Gasteiger partial charge in [0.15, 0.2) is 0 Å². The molecule has 0 saturated heterocycles. The molecule has 0 fully saturated rings. The Kier molecular flexibility index (Phi) is 24.6. The van der Waals surface area contributed by atoms with Crippen LogP contribution in [0.25, 0.3) is 0 Å². The van der Waals surface area contributed by atoms with Gasteiger partial charge in [0.1, 0.15) is 0 Å². The summed E-state index contributed by atoms with van der Waals surface area (Å²) in [4.78, 5) is 0. The van der Waals surface area contributed by atoms with E-state index in [1.165, 1.54) is 75.7 Å². The first-order chi connectivity index (χ1) is 14.3. The van der Waals surface area contributed by atoms with Crippen LogP contribution < -0.4 is 0 Å². The Labute approximate surface area is 192 Å². The molecule has 0 bridgehead atoms. The fourth-order valence-electron chi connectivity index (χ4n) is 3.11. The van der Waals surface area contributed by atoms with E-state index in [4.69, 9.17) is 4.74 Å². The van der Waals surface area contributed by atoms with Crippen molar-refractivity contribution in [3.8, 4) is 0 Å². The SMILES string of the molecule is CC.CCOCCCSCCCCCCCCCCCCS(C)(C)CCC(F)(F)F. The Morgan fingerprint density at radius 1 is 0.700 bits per heavy atom. The van der Waals surface area contributed by atoms with Crippen molar-refractivity contribution < 1.29 is 17.9 Å². The van der Waals surface area contributed by atoms with E-state index in [0.717, 1.165) is 25.4 Å². The van der Waals surface area contributed by atoms with Crippen LogP contribution in [0.2, 0.25) is 0 Å². The van der Waals surface area contributed by atoms with E-state index >= 15 is 0 Å². The van der Waals surface area contributed by atoms with E-state index in [2.05, 4.69) is 24.3 Å². The number of rotatable bonds is 20. The third-order valence-electron chi connectivity index (χ3n) is 4.96. The number of thioether (sulfide) groups is 1. The van der Waals surface area contributed by atoms with Crippen molar-refractivity contribution >= 4 is 21.8 Å². The van der Waals surface area contributed by atoms with Crippen LogP contribution in [0.5, 0.6) is 0 Å². The molecular weight excluding hydrogens is 425 g/mol. The molecule has 0 aliphatic rings. The normalized spacial score (nSPS) is 12.5. The molecule has 0 rings (SSSR count). The Morgan fingerprint density at radius 3 is 1.67 bits per heavy atom. The number of halogens is 3. The Bertz CT molecular complexity index is 337. The zero-order valence-electron chi connectivity index (χ0n) is 20.6. The lowest BCUT2D eigenvalue weighted by molar-refractivity contribution is -0.129. The molecule has 0 amide bonds. The molecule has 0 aliphatic carbocycles. The molecular formula is C24H51F3OS2. The maximum absolute atomic E-state index is 12.3. The van der Waals surface area contributed by atoms with Crippen LogP contribution in [0.1, 0.15) is 97.8 Å². The lowest BCUT2D eigenvalue weighted by atomic mass is 10.1. The monoisotopic (exact) mass is 476 g/mol. The van der Waals surface area contributed by atoms with Crippen LogP contribution in [-0.2, 0) is 4.74 Å². The van der Waals surface area contributed by atoms with Crippen molar-refractivity contribution in [2.24, 2.45) is 0 Å². The van der Waals surface area contributed by atoms with Crippen molar-refractivity contribution in [1.82, 2.24) is 0 Å². The number of unbranched alkanes of at least 4 members (excludes halogenated alkanes) is 9. The first-order valence-electron chi connectivity index (χ1n) is 12.2. The summed E-state index contributed by atoms with van der Waals surface area (Å²) < 4.78 is 42.4. The first kappa shape index (κ1) is 32.6. The van der Waals surface area contributed by atoms with E-state index in [1.54, 1.807) is 0 Å². The summed E-state index contributed by atoms with van der Waals surface area (Å²) in [6.45, 7) is 7.77. The quantitative estimate of drug-likeness (QED) is 0.162. The zero-order chi connectivity index (χ0) is 23.1. The maximum Gasteiger partial charge on any atom is 0.389 e.